The van der Waals surface area contributed by atoms with Gasteiger partial charge in [-0.15, -0.1) is 12.6 Å². The molecule has 0 saturated carbocycles. The Hall–Kier alpha value is 0.450. The van der Waals surface area contributed by atoms with Crippen LogP contribution >= 0.6 is 32.8 Å². The molecule has 9 heteroatoms. The largest absolute Gasteiger partial charge is 0.419 e. The molecule has 72 valence electrons. The van der Waals surface area contributed by atoms with Crippen LogP contribution in [0.2, 0.25) is 0 Å². The molecule has 0 aromatic carbocycles. The summed E-state index contributed by atoms with van der Waals surface area (Å²) in [5.41, 5.74) is 0. The lowest BCUT2D eigenvalue weighted by atomic mass is 11.5. The first kappa shape index (κ1) is 12.4. The van der Waals surface area contributed by atoms with Gasteiger partial charge in [0.2, 0.25) is 0 Å². The van der Waals surface area contributed by atoms with Gasteiger partial charge in [-0.3, -0.25) is 0 Å². The van der Waals surface area contributed by atoms with E-state index in [1.165, 1.54) is 0 Å². The first-order valence-electron chi connectivity index (χ1n) is 2.23. The van der Waals surface area contributed by atoms with Crippen molar-refractivity contribution in [2.24, 2.45) is 0 Å². The Bertz CT molecular complexity index is 168. The molecule has 0 aliphatic heterocycles. The molecule has 0 N–H and O–H groups in total. The van der Waals surface area contributed by atoms with Gasteiger partial charge in [0.1, 0.15) is 0 Å². The SMILES string of the molecule is FC(F)(F)P(C(=S)S)C(F)(F)F. The van der Waals surface area contributed by atoms with Crippen LogP contribution in [0.4, 0.5) is 26.3 Å². The van der Waals surface area contributed by atoms with E-state index in [2.05, 4.69) is 24.8 Å². The van der Waals surface area contributed by atoms with Gasteiger partial charge < -0.3 is 0 Å². The number of rotatable bonds is 1. The lowest BCUT2D eigenvalue weighted by Gasteiger charge is -2.20. The predicted molar refractivity (Wildman–Crippen MR) is 40.6 cm³/mol. The van der Waals surface area contributed by atoms with Crippen LogP contribution in [0.25, 0.3) is 0 Å². The van der Waals surface area contributed by atoms with Crippen LogP contribution in [-0.4, -0.2) is 15.8 Å². The quantitative estimate of drug-likeness (QED) is 0.318. The van der Waals surface area contributed by atoms with Crippen molar-refractivity contribution in [3.8, 4) is 0 Å². The van der Waals surface area contributed by atoms with Gasteiger partial charge in [0.25, 0.3) is 0 Å². The molecule has 0 amide bonds. The molecule has 0 spiro atoms. The fourth-order valence-electron chi connectivity index (χ4n) is 0.361. The minimum absolute atomic E-state index is 1.36. The van der Waals surface area contributed by atoms with Gasteiger partial charge in [-0.1, -0.05) is 12.2 Å². The normalized spacial score (nSPS) is 13.7. The molecule has 0 rings (SSSR count). The molecule has 0 bridgehead atoms. The molecule has 0 aliphatic carbocycles. The zero-order chi connectivity index (χ0) is 10.2. The summed E-state index contributed by atoms with van der Waals surface area (Å²) in [4.78, 5) is 0. The molecule has 12 heavy (non-hydrogen) atoms. The van der Waals surface area contributed by atoms with Gasteiger partial charge >= 0.3 is 11.8 Å². The third-order valence-corrected chi connectivity index (χ3v) is 3.24. The Morgan fingerprint density at radius 3 is 1.25 bits per heavy atom. The lowest BCUT2D eigenvalue weighted by molar-refractivity contribution is -0.0802. The van der Waals surface area contributed by atoms with Gasteiger partial charge in [0.05, 0.1) is 3.94 Å². The first-order valence-corrected chi connectivity index (χ1v) is 4.43. The summed E-state index contributed by atoms with van der Waals surface area (Å²) >= 11 is 6.67. The highest BCUT2D eigenvalue weighted by molar-refractivity contribution is 8.27. The minimum atomic E-state index is -5.35. The Balaban J connectivity index is 4.82. The van der Waals surface area contributed by atoms with Gasteiger partial charge in [-0.05, 0) is 0 Å². The molecule has 0 aromatic rings. The summed E-state index contributed by atoms with van der Waals surface area (Å²) in [5, 5.41) is 0. The van der Waals surface area contributed by atoms with E-state index in [1.807, 2.05) is 0 Å². The monoisotopic (exact) mass is 246 g/mol. The number of alkyl halides is 6. The molecule has 0 nitrogen and oxygen atoms in total. The summed E-state index contributed by atoms with van der Waals surface area (Å²) in [6.07, 6.45) is 0. The third-order valence-electron chi connectivity index (χ3n) is 0.698. The number of thiol groups is 1. The summed E-state index contributed by atoms with van der Waals surface area (Å²) in [5.74, 6) is -10.7. The highest BCUT2D eigenvalue weighted by Gasteiger charge is 2.58. The molecule has 0 radical (unpaired) electrons. The Kier molecular flexibility index (Phi) is 3.81. The zero-order valence-electron chi connectivity index (χ0n) is 5.07. The van der Waals surface area contributed by atoms with Crippen molar-refractivity contribution in [1.29, 1.82) is 0 Å². The number of thiocarbonyl (C=S) groups is 1. The number of hydrogen-bond acceptors (Lipinski definition) is 1. The topological polar surface area (TPSA) is 0 Å². The summed E-state index contributed by atoms with van der Waals surface area (Å²) in [6.45, 7) is 0. The Labute approximate surface area is 75.5 Å². The molecular formula is C3HF6PS2. The van der Waals surface area contributed by atoms with Crippen molar-refractivity contribution in [1.82, 2.24) is 0 Å². The van der Waals surface area contributed by atoms with Gasteiger partial charge in [0, 0.05) is 0 Å². The highest BCUT2D eigenvalue weighted by atomic mass is 32.1. The second kappa shape index (κ2) is 3.67. The lowest BCUT2D eigenvalue weighted by Crippen LogP contribution is -2.20. The van der Waals surface area contributed by atoms with Gasteiger partial charge in [-0.25, -0.2) is 0 Å². The van der Waals surface area contributed by atoms with E-state index in [-0.39, 0.29) is 0 Å². The fraction of sp³-hybridized carbons (Fsp3) is 0.667. The molecule has 0 fully saturated rings. The third kappa shape index (κ3) is 3.45. The van der Waals surface area contributed by atoms with E-state index in [9.17, 15) is 26.3 Å². The smallest absolute Gasteiger partial charge is 0.166 e. The van der Waals surface area contributed by atoms with Crippen LogP contribution < -0.4 is 0 Å². The maximum atomic E-state index is 11.6. The van der Waals surface area contributed by atoms with Crippen molar-refractivity contribution in [2.45, 2.75) is 11.8 Å². The van der Waals surface area contributed by atoms with Gasteiger partial charge in [-0.2, -0.15) is 26.3 Å². The van der Waals surface area contributed by atoms with Crippen LogP contribution in [-0.2, 0) is 0 Å². The molecular weight excluding hydrogens is 245 g/mol. The Morgan fingerprint density at radius 1 is 1.00 bits per heavy atom. The summed E-state index contributed by atoms with van der Waals surface area (Å²) in [6, 6.07) is 0. The number of hydrogen-bond donors (Lipinski definition) is 1. The van der Waals surface area contributed by atoms with Crippen molar-refractivity contribution < 1.29 is 26.3 Å². The van der Waals surface area contributed by atoms with Crippen molar-refractivity contribution in [3.63, 3.8) is 0 Å². The summed E-state index contributed by atoms with van der Waals surface area (Å²) < 4.78 is 68.5. The van der Waals surface area contributed by atoms with E-state index in [1.54, 1.807) is 0 Å². The molecule has 0 aromatic heterocycles. The average molecular weight is 246 g/mol. The maximum absolute atomic E-state index is 11.6. The first-order chi connectivity index (χ1) is 5.07. The number of halogens is 6. The predicted octanol–water partition coefficient (Wildman–Crippen LogP) is 3.72. The van der Waals surface area contributed by atoms with Crippen molar-refractivity contribution in [3.05, 3.63) is 0 Å². The molecule has 0 unspecified atom stereocenters. The van der Waals surface area contributed by atoms with Crippen molar-refractivity contribution in [2.75, 3.05) is 0 Å². The van der Waals surface area contributed by atoms with Crippen molar-refractivity contribution >= 4 is 36.7 Å². The van der Waals surface area contributed by atoms with Gasteiger partial charge in [0.15, 0.2) is 7.92 Å². The average Bonchev–Trinajstić information content (AvgIpc) is 1.49. The van der Waals surface area contributed by atoms with Crippen LogP contribution in [0, 0.1) is 0 Å². The van der Waals surface area contributed by atoms with E-state index >= 15 is 0 Å². The molecule has 0 saturated heterocycles. The summed E-state index contributed by atoms with van der Waals surface area (Å²) in [7, 11) is -4.31. The highest BCUT2D eigenvalue weighted by Crippen LogP contribution is 2.65. The van der Waals surface area contributed by atoms with E-state index < -0.39 is 23.7 Å². The molecule has 0 atom stereocenters. The standard InChI is InChI=1S/C3HF6PS2/c4-2(5,6)10(1(11)12)3(7,8)9/h(H,11,12). The zero-order valence-corrected chi connectivity index (χ0v) is 7.68. The molecule has 0 heterocycles. The van der Waals surface area contributed by atoms with Crippen LogP contribution in [0.3, 0.4) is 0 Å². The van der Waals surface area contributed by atoms with E-state index in [0.29, 0.717) is 0 Å². The second-order valence-corrected chi connectivity index (χ2v) is 5.50. The van der Waals surface area contributed by atoms with E-state index in [0.717, 1.165) is 0 Å². The Morgan fingerprint density at radius 2 is 1.25 bits per heavy atom. The van der Waals surface area contributed by atoms with Crippen LogP contribution in [0.5, 0.6) is 0 Å². The minimum Gasteiger partial charge on any atom is -0.166 e. The fourth-order valence-corrected chi connectivity index (χ4v) is 2.38. The van der Waals surface area contributed by atoms with Crippen LogP contribution in [0.15, 0.2) is 0 Å². The second-order valence-electron chi connectivity index (χ2n) is 1.55. The van der Waals surface area contributed by atoms with E-state index in [4.69, 9.17) is 0 Å². The maximum Gasteiger partial charge on any atom is 0.419 e. The molecule has 0 aliphatic rings. The van der Waals surface area contributed by atoms with Crippen LogP contribution in [0.1, 0.15) is 0 Å².